The zero-order chi connectivity index (χ0) is 13.1. The molecule has 6 heteroatoms. The summed E-state index contributed by atoms with van der Waals surface area (Å²) < 4.78 is 28.1. The quantitative estimate of drug-likeness (QED) is 0.735. The van der Waals surface area contributed by atoms with E-state index in [1.807, 2.05) is 13.8 Å². The molecule has 3 aliphatic rings. The lowest BCUT2D eigenvalue weighted by molar-refractivity contribution is -0.232. The highest BCUT2D eigenvalue weighted by atomic mass is 16.8. The van der Waals surface area contributed by atoms with Crippen molar-refractivity contribution in [2.45, 2.75) is 70.0 Å². The number of hydrogen-bond acceptors (Lipinski definition) is 6. The van der Waals surface area contributed by atoms with Gasteiger partial charge >= 0.3 is 0 Å². The van der Waals surface area contributed by atoms with Gasteiger partial charge in [0.2, 0.25) is 0 Å². The average Bonchev–Trinajstić information content (AvgIpc) is 2.81. The second-order valence-electron chi connectivity index (χ2n) is 5.93. The van der Waals surface area contributed by atoms with Crippen molar-refractivity contribution in [3.8, 4) is 0 Å². The van der Waals surface area contributed by atoms with Crippen LogP contribution in [-0.2, 0) is 23.7 Å². The zero-order valence-electron chi connectivity index (χ0n) is 11.1. The molecule has 3 rings (SSSR count). The van der Waals surface area contributed by atoms with Crippen LogP contribution in [0.4, 0.5) is 0 Å². The van der Waals surface area contributed by atoms with Gasteiger partial charge in [-0.1, -0.05) is 0 Å². The van der Waals surface area contributed by atoms with Crippen LogP contribution in [0.2, 0.25) is 0 Å². The molecular formula is C12H20O6. The van der Waals surface area contributed by atoms with Gasteiger partial charge in [0.05, 0.1) is 6.61 Å². The molecule has 0 saturated carbocycles. The van der Waals surface area contributed by atoms with Crippen molar-refractivity contribution in [3.05, 3.63) is 0 Å². The summed E-state index contributed by atoms with van der Waals surface area (Å²) in [4.78, 5) is 0. The molecule has 104 valence electrons. The Morgan fingerprint density at radius 1 is 0.944 bits per heavy atom. The fourth-order valence-corrected chi connectivity index (χ4v) is 2.70. The average molecular weight is 260 g/mol. The summed E-state index contributed by atoms with van der Waals surface area (Å²) in [5.74, 6) is -1.35. The zero-order valence-corrected chi connectivity index (χ0v) is 11.1. The van der Waals surface area contributed by atoms with E-state index in [1.165, 1.54) is 0 Å². The summed E-state index contributed by atoms with van der Waals surface area (Å²) >= 11 is 0. The van der Waals surface area contributed by atoms with Gasteiger partial charge in [-0.05, 0) is 27.7 Å². The fraction of sp³-hybridized carbons (Fsp3) is 1.00. The molecule has 3 fully saturated rings. The van der Waals surface area contributed by atoms with Crippen molar-refractivity contribution in [2.75, 3.05) is 6.61 Å². The van der Waals surface area contributed by atoms with Crippen molar-refractivity contribution >= 4 is 0 Å². The lowest BCUT2D eigenvalue weighted by Crippen LogP contribution is -2.42. The predicted molar refractivity (Wildman–Crippen MR) is 59.6 cm³/mol. The molecule has 0 spiro atoms. The van der Waals surface area contributed by atoms with E-state index in [-0.39, 0.29) is 6.10 Å². The molecule has 0 radical (unpaired) electrons. The van der Waals surface area contributed by atoms with Crippen molar-refractivity contribution < 1.29 is 28.8 Å². The number of hydrogen-bond donors (Lipinski definition) is 1. The smallest absolute Gasteiger partial charge is 0.190 e. The van der Waals surface area contributed by atoms with Gasteiger partial charge in [0, 0.05) is 0 Å². The van der Waals surface area contributed by atoms with Crippen molar-refractivity contribution in [2.24, 2.45) is 0 Å². The summed E-state index contributed by atoms with van der Waals surface area (Å²) in [6, 6.07) is 0. The van der Waals surface area contributed by atoms with E-state index in [9.17, 15) is 5.11 Å². The summed E-state index contributed by atoms with van der Waals surface area (Å²) in [6.45, 7) is 7.68. The van der Waals surface area contributed by atoms with Crippen LogP contribution < -0.4 is 0 Å². The maximum Gasteiger partial charge on any atom is 0.190 e. The molecule has 3 unspecified atom stereocenters. The highest BCUT2D eigenvalue weighted by Gasteiger charge is 2.57. The Balaban J connectivity index is 1.68. The number of aliphatic hydroxyl groups is 1. The van der Waals surface area contributed by atoms with E-state index in [4.69, 9.17) is 23.7 Å². The van der Waals surface area contributed by atoms with Crippen LogP contribution in [0.15, 0.2) is 0 Å². The second kappa shape index (κ2) is 3.88. The van der Waals surface area contributed by atoms with Gasteiger partial charge in [0.25, 0.3) is 0 Å². The maximum atomic E-state index is 10.3. The molecule has 0 amide bonds. The van der Waals surface area contributed by atoms with Crippen LogP contribution in [0, 0.1) is 0 Å². The Labute approximate surface area is 106 Å². The first-order valence-electron chi connectivity index (χ1n) is 6.28. The van der Waals surface area contributed by atoms with Crippen LogP contribution in [0.25, 0.3) is 0 Å². The summed E-state index contributed by atoms with van der Waals surface area (Å²) in [6.07, 6.45) is -2.53. The molecule has 6 nitrogen and oxygen atoms in total. The largest absolute Gasteiger partial charge is 0.387 e. The molecule has 0 bridgehead atoms. The molecule has 3 saturated heterocycles. The molecule has 5 atom stereocenters. The van der Waals surface area contributed by atoms with E-state index in [2.05, 4.69) is 0 Å². The summed E-state index contributed by atoms with van der Waals surface area (Å²) in [5.41, 5.74) is 0. The minimum Gasteiger partial charge on any atom is -0.387 e. The predicted octanol–water partition coefficient (Wildman–Crippen LogP) is 0.375. The monoisotopic (exact) mass is 260 g/mol. The number of fused-ring (bicyclic) bond motifs is 1. The highest BCUT2D eigenvalue weighted by Crippen LogP contribution is 2.40. The Bertz CT molecular complexity index is 341. The Morgan fingerprint density at radius 3 is 2.22 bits per heavy atom. The first kappa shape index (κ1) is 12.8. The molecule has 18 heavy (non-hydrogen) atoms. The SMILES string of the molecule is CC1(C)OC2OC([C@H]3COC(C)(C)O3)C(O)[C@H]2O1. The van der Waals surface area contributed by atoms with Crippen LogP contribution in [0.5, 0.6) is 0 Å². The van der Waals surface area contributed by atoms with Crippen LogP contribution in [0.1, 0.15) is 27.7 Å². The lowest BCUT2D eigenvalue weighted by Gasteiger charge is -2.26. The van der Waals surface area contributed by atoms with Crippen molar-refractivity contribution in [3.63, 3.8) is 0 Å². The normalized spacial score (nSPS) is 49.5. The van der Waals surface area contributed by atoms with Crippen LogP contribution in [-0.4, -0.2) is 54.0 Å². The van der Waals surface area contributed by atoms with Gasteiger partial charge in [-0.2, -0.15) is 0 Å². The molecular weight excluding hydrogens is 240 g/mol. The third-order valence-electron chi connectivity index (χ3n) is 3.45. The molecule has 3 aliphatic heterocycles. The van der Waals surface area contributed by atoms with Gasteiger partial charge in [-0.25, -0.2) is 0 Å². The standard InChI is InChI=1S/C12H20O6/c1-11(2)14-5-6(16-11)8-7(13)9-10(15-8)18-12(3,4)17-9/h6-10,13H,5H2,1-4H3/t6-,7?,8?,9-,10?/m1/s1. The van der Waals surface area contributed by atoms with E-state index < -0.39 is 36.2 Å². The van der Waals surface area contributed by atoms with Crippen LogP contribution in [0.3, 0.4) is 0 Å². The number of rotatable bonds is 1. The van der Waals surface area contributed by atoms with Gasteiger partial charge in [0.1, 0.15) is 24.4 Å². The minimum atomic E-state index is -0.765. The topological polar surface area (TPSA) is 66.4 Å². The van der Waals surface area contributed by atoms with Crippen LogP contribution >= 0.6 is 0 Å². The molecule has 1 N–H and O–H groups in total. The first-order chi connectivity index (χ1) is 8.27. The number of aliphatic hydroxyl groups excluding tert-OH is 1. The number of ether oxygens (including phenoxy) is 5. The van der Waals surface area contributed by atoms with Crippen molar-refractivity contribution in [1.29, 1.82) is 0 Å². The fourth-order valence-electron chi connectivity index (χ4n) is 2.70. The highest BCUT2D eigenvalue weighted by molar-refractivity contribution is 4.97. The lowest BCUT2D eigenvalue weighted by atomic mass is 10.1. The maximum absolute atomic E-state index is 10.3. The van der Waals surface area contributed by atoms with Gasteiger partial charge in [0.15, 0.2) is 17.9 Å². The molecule has 0 aromatic heterocycles. The van der Waals surface area contributed by atoms with E-state index in [0.29, 0.717) is 6.61 Å². The Hall–Kier alpha value is -0.240. The first-order valence-corrected chi connectivity index (χ1v) is 6.28. The van der Waals surface area contributed by atoms with Crippen molar-refractivity contribution in [1.82, 2.24) is 0 Å². The third-order valence-corrected chi connectivity index (χ3v) is 3.45. The second-order valence-corrected chi connectivity index (χ2v) is 5.93. The third kappa shape index (κ3) is 2.07. The summed E-state index contributed by atoms with van der Waals surface area (Å²) in [7, 11) is 0. The Morgan fingerprint density at radius 2 is 1.67 bits per heavy atom. The molecule has 0 aromatic carbocycles. The van der Waals surface area contributed by atoms with Gasteiger partial charge < -0.3 is 28.8 Å². The molecule has 0 aliphatic carbocycles. The van der Waals surface area contributed by atoms with E-state index in [0.717, 1.165) is 0 Å². The van der Waals surface area contributed by atoms with Gasteiger partial charge in [-0.15, -0.1) is 0 Å². The Kier molecular flexibility index (Phi) is 2.75. The minimum absolute atomic E-state index is 0.295. The van der Waals surface area contributed by atoms with E-state index in [1.54, 1.807) is 13.8 Å². The molecule has 3 heterocycles. The molecule has 0 aromatic rings. The summed E-state index contributed by atoms with van der Waals surface area (Å²) in [5, 5.41) is 10.3. The van der Waals surface area contributed by atoms with E-state index >= 15 is 0 Å². The van der Waals surface area contributed by atoms with Gasteiger partial charge in [-0.3, -0.25) is 0 Å².